The fourth-order valence-corrected chi connectivity index (χ4v) is 1.78. The van der Waals surface area contributed by atoms with Crippen molar-refractivity contribution in [1.29, 1.82) is 0 Å². The van der Waals surface area contributed by atoms with Gasteiger partial charge in [-0.1, -0.05) is 19.1 Å². The molecule has 106 valence electrons. The Balaban J connectivity index is 2.32. The largest absolute Gasteiger partial charge is 0.434 e. The Kier molecular flexibility index (Phi) is 4.57. The molecule has 0 fully saturated rings. The highest BCUT2D eigenvalue weighted by atomic mass is 32.1. The number of rotatable bonds is 5. The molecule has 2 rings (SSSR count). The first-order valence-electron chi connectivity index (χ1n) is 5.86. The third kappa shape index (κ3) is 3.27. The number of aryl methyl sites for hydroxylation is 1. The Morgan fingerprint density at radius 1 is 1.50 bits per heavy atom. The van der Waals surface area contributed by atoms with Gasteiger partial charge in [0.05, 0.1) is 6.21 Å². The highest BCUT2D eigenvalue weighted by Gasteiger charge is 2.08. The number of hydrogen-bond donors (Lipinski definition) is 1. The monoisotopic (exact) mass is 298 g/mol. The molecule has 2 aromatic rings. The molecular formula is C12H12F2N4OS. The smallest absolute Gasteiger partial charge is 0.387 e. The number of H-pyrrole nitrogens is 1. The average molecular weight is 298 g/mol. The molecular weight excluding hydrogens is 286 g/mol. The first-order chi connectivity index (χ1) is 9.61. The van der Waals surface area contributed by atoms with E-state index < -0.39 is 6.61 Å². The van der Waals surface area contributed by atoms with Crippen LogP contribution in [-0.2, 0) is 6.42 Å². The maximum atomic E-state index is 12.3. The second-order valence-electron chi connectivity index (χ2n) is 3.77. The lowest BCUT2D eigenvalue weighted by atomic mass is 10.2. The number of ether oxygens (including phenoxy) is 1. The second-order valence-corrected chi connectivity index (χ2v) is 4.16. The van der Waals surface area contributed by atoms with Crippen LogP contribution >= 0.6 is 12.2 Å². The zero-order valence-electron chi connectivity index (χ0n) is 10.6. The van der Waals surface area contributed by atoms with Crippen molar-refractivity contribution in [1.82, 2.24) is 14.9 Å². The first kappa shape index (κ1) is 14.3. The molecule has 5 nitrogen and oxygen atoms in total. The van der Waals surface area contributed by atoms with E-state index in [0.717, 1.165) is 0 Å². The maximum Gasteiger partial charge on any atom is 0.387 e. The van der Waals surface area contributed by atoms with Gasteiger partial charge in [-0.15, -0.1) is 0 Å². The fourth-order valence-electron chi connectivity index (χ4n) is 1.58. The standard InChI is InChI=1S/C12H12F2N4OS/c1-2-10-16-17-12(20)18(10)15-7-8-5-3-4-6-9(8)19-11(13)14/h3-7,11H,2H2,1H3,(H,17,20). The maximum absolute atomic E-state index is 12.3. The second kappa shape index (κ2) is 6.38. The van der Waals surface area contributed by atoms with Gasteiger partial charge in [0.15, 0.2) is 5.82 Å². The summed E-state index contributed by atoms with van der Waals surface area (Å²) in [6.45, 7) is -0.975. The molecule has 0 spiro atoms. The summed E-state index contributed by atoms with van der Waals surface area (Å²) in [6.07, 6.45) is 2.04. The van der Waals surface area contributed by atoms with Crippen LogP contribution in [0.5, 0.6) is 5.75 Å². The highest BCUT2D eigenvalue weighted by Crippen LogP contribution is 2.18. The van der Waals surface area contributed by atoms with Crippen molar-refractivity contribution in [3.63, 3.8) is 0 Å². The summed E-state index contributed by atoms with van der Waals surface area (Å²) in [6, 6.07) is 6.38. The predicted molar refractivity (Wildman–Crippen MR) is 72.9 cm³/mol. The van der Waals surface area contributed by atoms with E-state index in [0.29, 0.717) is 22.6 Å². The van der Waals surface area contributed by atoms with Crippen molar-refractivity contribution in [2.75, 3.05) is 0 Å². The number of nitrogens with one attached hydrogen (secondary N) is 1. The van der Waals surface area contributed by atoms with Crippen molar-refractivity contribution in [2.24, 2.45) is 5.10 Å². The molecule has 0 atom stereocenters. The van der Waals surface area contributed by atoms with E-state index in [-0.39, 0.29) is 5.75 Å². The van der Waals surface area contributed by atoms with Gasteiger partial charge in [-0.05, 0) is 24.4 Å². The average Bonchev–Trinajstić information content (AvgIpc) is 2.78. The van der Waals surface area contributed by atoms with E-state index in [2.05, 4.69) is 20.0 Å². The molecule has 8 heteroatoms. The number of alkyl halides is 2. The molecule has 0 aliphatic carbocycles. The topological polar surface area (TPSA) is 55.2 Å². The van der Waals surface area contributed by atoms with E-state index >= 15 is 0 Å². The molecule has 0 aliphatic rings. The fraction of sp³-hybridized carbons (Fsp3) is 0.250. The number of nitrogens with zero attached hydrogens (tertiary/aromatic N) is 3. The predicted octanol–water partition coefficient (Wildman–Crippen LogP) is 2.99. The molecule has 1 N–H and O–H groups in total. The Labute approximate surface area is 118 Å². The molecule has 0 aliphatic heterocycles. The van der Waals surface area contributed by atoms with Gasteiger partial charge in [0, 0.05) is 12.0 Å². The molecule has 0 unspecified atom stereocenters. The lowest BCUT2D eigenvalue weighted by Crippen LogP contribution is -2.04. The molecule has 0 saturated carbocycles. The summed E-state index contributed by atoms with van der Waals surface area (Å²) < 4.78 is 30.8. The summed E-state index contributed by atoms with van der Waals surface area (Å²) in [4.78, 5) is 0. The molecule has 1 heterocycles. The molecule has 0 amide bonds. The molecule has 1 aromatic heterocycles. The molecule has 20 heavy (non-hydrogen) atoms. The number of aromatic nitrogens is 3. The van der Waals surface area contributed by atoms with Gasteiger partial charge >= 0.3 is 6.61 Å². The van der Waals surface area contributed by atoms with Gasteiger partial charge < -0.3 is 4.74 Å². The molecule has 1 aromatic carbocycles. The molecule has 0 radical (unpaired) electrons. The van der Waals surface area contributed by atoms with Gasteiger partial charge in [0.1, 0.15) is 5.75 Å². The molecule has 0 saturated heterocycles. The lowest BCUT2D eigenvalue weighted by Gasteiger charge is -2.06. The van der Waals surface area contributed by atoms with Gasteiger partial charge in [0.25, 0.3) is 0 Å². The van der Waals surface area contributed by atoms with Gasteiger partial charge in [-0.25, -0.2) is 0 Å². The number of para-hydroxylation sites is 1. The minimum Gasteiger partial charge on any atom is -0.434 e. The van der Waals surface area contributed by atoms with E-state index in [1.807, 2.05) is 6.92 Å². The zero-order chi connectivity index (χ0) is 14.5. The third-order valence-electron chi connectivity index (χ3n) is 2.48. The van der Waals surface area contributed by atoms with Crippen LogP contribution in [-0.4, -0.2) is 27.7 Å². The minimum absolute atomic E-state index is 0.0549. The number of benzene rings is 1. The van der Waals surface area contributed by atoms with Gasteiger partial charge in [-0.2, -0.15) is 23.7 Å². The van der Waals surface area contributed by atoms with Crippen LogP contribution in [0.25, 0.3) is 0 Å². The van der Waals surface area contributed by atoms with E-state index in [4.69, 9.17) is 12.2 Å². The summed E-state index contributed by atoms with van der Waals surface area (Å²) >= 11 is 5.04. The summed E-state index contributed by atoms with van der Waals surface area (Å²) in [7, 11) is 0. The Hall–Kier alpha value is -2.09. The summed E-state index contributed by atoms with van der Waals surface area (Å²) in [5, 5.41) is 10.8. The highest BCUT2D eigenvalue weighted by molar-refractivity contribution is 7.71. The van der Waals surface area contributed by atoms with E-state index in [1.54, 1.807) is 18.2 Å². The van der Waals surface area contributed by atoms with E-state index in [1.165, 1.54) is 17.0 Å². The van der Waals surface area contributed by atoms with Crippen molar-refractivity contribution >= 4 is 18.4 Å². The number of aromatic amines is 1. The van der Waals surface area contributed by atoms with Gasteiger partial charge in [-0.3, -0.25) is 5.10 Å². The first-order valence-corrected chi connectivity index (χ1v) is 6.27. The minimum atomic E-state index is -2.88. The summed E-state index contributed by atoms with van der Waals surface area (Å²) in [5.41, 5.74) is 0.429. The summed E-state index contributed by atoms with van der Waals surface area (Å²) in [5.74, 6) is 0.706. The van der Waals surface area contributed by atoms with Gasteiger partial charge in [0.2, 0.25) is 4.77 Å². The quantitative estimate of drug-likeness (QED) is 0.682. The van der Waals surface area contributed by atoms with Crippen molar-refractivity contribution in [2.45, 2.75) is 20.0 Å². The van der Waals surface area contributed by atoms with Crippen molar-refractivity contribution in [3.05, 3.63) is 40.4 Å². The van der Waals surface area contributed by atoms with Crippen LogP contribution < -0.4 is 4.74 Å². The Morgan fingerprint density at radius 3 is 2.95 bits per heavy atom. The Bertz CT molecular complexity index is 665. The lowest BCUT2D eigenvalue weighted by molar-refractivity contribution is -0.0499. The van der Waals surface area contributed by atoms with Crippen LogP contribution in [0.2, 0.25) is 0 Å². The van der Waals surface area contributed by atoms with Crippen LogP contribution in [0, 0.1) is 4.77 Å². The van der Waals surface area contributed by atoms with Crippen LogP contribution in [0.4, 0.5) is 8.78 Å². The normalized spacial score (nSPS) is 11.4. The Morgan fingerprint density at radius 2 is 2.25 bits per heavy atom. The number of halogens is 2. The van der Waals surface area contributed by atoms with Crippen molar-refractivity contribution < 1.29 is 13.5 Å². The SMILES string of the molecule is CCc1n[nH]c(=S)n1N=Cc1ccccc1OC(F)F. The van der Waals surface area contributed by atoms with Crippen LogP contribution in [0.3, 0.4) is 0 Å². The zero-order valence-corrected chi connectivity index (χ0v) is 11.4. The van der Waals surface area contributed by atoms with Crippen molar-refractivity contribution in [3.8, 4) is 5.75 Å². The van der Waals surface area contributed by atoms with Crippen LogP contribution in [0.15, 0.2) is 29.4 Å². The van der Waals surface area contributed by atoms with E-state index in [9.17, 15) is 8.78 Å². The molecule has 0 bridgehead atoms. The van der Waals surface area contributed by atoms with Crippen LogP contribution in [0.1, 0.15) is 18.3 Å². The third-order valence-corrected chi connectivity index (χ3v) is 2.75. The number of hydrogen-bond acceptors (Lipinski definition) is 4.